The van der Waals surface area contributed by atoms with E-state index < -0.39 is 0 Å². The van der Waals surface area contributed by atoms with Crippen LogP contribution in [0.25, 0.3) is 0 Å². The Bertz CT molecular complexity index is 355. The van der Waals surface area contributed by atoms with Crippen LogP contribution in [0.3, 0.4) is 0 Å². The highest BCUT2D eigenvalue weighted by Gasteiger charge is 2.14. The Morgan fingerprint density at radius 2 is 2.06 bits per heavy atom. The van der Waals surface area contributed by atoms with Gasteiger partial charge in [0.15, 0.2) is 0 Å². The fraction of sp³-hybridized carbons (Fsp3) is 0.500. The van der Waals surface area contributed by atoms with Gasteiger partial charge in [0.2, 0.25) is 0 Å². The Hall–Kier alpha value is -0.930. The molecule has 0 saturated heterocycles. The maximum atomic E-state index is 6.08. The largest absolute Gasteiger partial charge is 0.495 e. The molecular weight excluding hydrogens is 226 g/mol. The minimum Gasteiger partial charge on any atom is -0.495 e. The summed E-state index contributed by atoms with van der Waals surface area (Å²) < 4.78 is 10.7. The van der Waals surface area contributed by atoms with Gasteiger partial charge in [-0.05, 0) is 31.0 Å². The van der Waals surface area contributed by atoms with Crippen molar-refractivity contribution in [3.63, 3.8) is 0 Å². The van der Waals surface area contributed by atoms with E-state index in [0.717, 1.165) is 11.3 Å². The van der Waals surface area contributed by atoms with E-state index >= 15 is 0 Å². The molecule has 1 rings (SSSR count). The van der Waals surface area contributed by atoms with Crippen molar-refractivity contribution in [1.29, 1.82) is 0 Å². The predicted octanol–water partition coefficient (Wildman–Crippen LogP) is 2.81. The average Bonchev–Trinajstić information content (AvgIpc) is 2.30. The quantitative estimate of drug-likeness (QED) is 0.865. The van der Waals surface area contributed by atoms with Crippen molar-refractivity contribution < 1.29 is 9.47 Å². The first-order chi connectivity index (χ1) is 7.63. The van der Waals surface area contributed by atoms with E-state index in [1.807, 2.05) is 26.0 Å². The summed E-state index contributed by atoms with van der Waals surface area (Å²) in [6.45, 7) is 5.15. The van der Waals surface area contributed by atoms with E-state index in [1.54, 1.807) is 7.11 Å². The van der Waals surface area contributed by atoms with Crippen molar-refractivity contribution in [1.82, 2.24) is 0 Å². The number of hydrogen-bond donors (Lipinski definition) is 1. The molecule has 0 aliphatic carbocycles. The van der Waals surface area contributed by atoms with Crippen molar-refractivity contribution in [2.45, 2.75) is 19.8 Å². The van der Waals surface area contributed by atoms with Crippen LogP contribution in [0.5, 0.6) is 11.5 Å². The first kappa shape index (κ1) is 13.1. The van der Waals surface area contributed by atoms with Gasteiger partial charge in [-0.2, -0.15) is 0 Å². The van der Waals surface area contributed by atoms with E-state index in [4.69, 9.17) is 26.8 Å². The van der Waals surface area contributed by atoms with Gasteiger partial charge in [-0.3, -0.25) is 0 Å². The van der Waals surface area contributed by atoms with Crippen LogP contribution in [0, 0.1) is 0 Å². The van der Waals surface area contributed by atoms with E-state index in [1.165, 1.54) is 0 Å². The van der Waals surface area contributed by atoms with Crippen molar-refractivity contribution in [2.75, 3.05) is 20.3 Å². The Kier molecular flexibility index (Phi) is 4.90. The number of halogens is 1. The normalized spacial score (nSPS) is 12.3. The Balaban J connectivity index is 3.18. The molecule has 1 aromatic rings. The SMILES string of the molecule is CCOc1cc(OC)c(Cl)cc1C(C)CN. The van der Waals surface area contributed by atoms with Crippen LogP contribution in [-0.4, -0.2) is 20.3 Å². The average molecular weight is 244 g/mol. The number of hydrogen-bond acceptors (Lipinski definition) is 3. The number of ether oxygens (including phenoxy) is 2. The smallest absolute Gasteiger partial charge is 0.141 e. The first-order valence-electron chi connectivity index (χ1n) is 5.34. The Morgan fingerprint density at radius 3 is 2.56 bits per heavy atom. The van der Waals surface area contributed by atoms with Gasteiger partial charge in [0.05, 0.1) is 18.7 Å². The maximum Gasteiger partial charge on any atom is 0.141 e. The molecule has 1 atom stereocenters. The fourth-order valence-electron chi connectivity index (χ4n) is 1.50. The lowest BCUT2D eigenvalue weighted by molar-refractivity contribution is 0.331. The monoisotopic (exact) mass is 243 g/mol. The standard InChI is InChI=1S/C12H18ClNO2/c1-4-16-11-6-12(15-3)10(13)5-9(11)8(2)7-14/h5-6,8H,4,7,14H2,1-3H3. The Labute approximate surface area is 101 Å². The van der Waals surface area contributed by atoms with Crippen molar-refractivity contribution in [2.24, 2.45) is 5.73 Å². The summed E-state index contributed by atoms with van der Waals surface area (Å²) in [6, 6.07) is 3.68. The van der Waals surface area contributed by atoms with Crippen LogP contribution in [-0.2, 0) is 0 Å². The molecule has 1 unspecified atom stereocenters. The molecule has 0 fully saturated rings. The highest BCUT2D eigenvalue weighted by atomic mass is 35.5. The molecule has 2 N–H and O–H groups in total. The highest BCUT2D eigenvalue weighted by Crippen LogP contribution is 2.36. The molecule has 0 bridgehead atoms. The number of rotatable bonds is 5. The predicted molar refractivity (Wildman–Crippen MR) is 66.6 cm³/mol. The summed E-state index contributed by atoms with van der Waals surface area (Å²) in [5.41, 5.74) is 6.68. The third-order valence-corrected chi connectivity index (χ3v) is 2.76. The molecule has 3 nitrogen and oxygen atoms in total. The minimum atomic E-state index is 0.213. The molecule has 0 saturated carbocycles. The van der Waals surface area contributed by atoms with Gasteiger partial charge in [-0.1, -0.05) is 18.5 Å². The molecule has 0 aromatic heterocycles. The van der Waals surface area contributed by atoms with Crippen LogP contribution in [0.4, 0.5) is 0 Å². The van der Waals surface area contributed by atoms with Crippen molar-refractivity contribution in [3.8, 4) is 11.5 Å². The summed E-state index contributed by atoms with van der Waals surface area (Å²) in [7, 11) is 1.59. The minimum absolute atomic E-state index is 0.213. The molecule has 0 spiro atoms. The lowest BCUT2D eigenvalue weighted by Gasteiger charge is -2.17. The van der Waals surface area contributed by atoms with Crippen LogP contribution < -0.4 is 15.2 Å². The van der Waals surface area contributed by atoms with Gasteiger partial charge in [0.1, 0.15) is 11.5 Å². The summed E-state index contributed by atoms with van der Waals surface area (Å²) in [4.78, 5) is 0. The summed E-state index contributed by atoms with van der Waals surface area (Å²) in [6.07, 6.45) is 0. The molecule has 0 aliphatic rings. The maximum absolute atomic E-state index is 6.08. The van der Waals surface area contributed by atoms with Gasteiger partial charge in [0, 0.05) is 6.07 Å². The third kappa shape index (κ3) is 2.80. The molecule has 1 aromatic carbocycles. The van der Waals surface area contributed by atoms with Gasteiger partial charge in [-0.25, -0.2) is 0 Å². The molecule has 90 valence electrons. The van der Waals surface area contributed by atoms with E-state index in [-0.39, 0.29) is 5.92 Å². The van der Waals surface area contributed by atoms with Gasteiger partial charge in [-0.15, -0.1) is 0 Å². The fourth-order valence-corrected chi connectivity index (χ4v) is 1.75. The van der Waals surface area contributed by atoms with Crippen molar-refractivity contribution in [3.05, 3.63) is 22.7 Å². The lowest BCUT2D eigenvalue weighted by atomic mass is 10.00. The van der Waals surface area contributed by atoms with Gasteiger partial charge >= 0.3 is 0 Å². The highest BCUT2D eigenvalue weighted by molar-refractivity contribution is 6.32. The molecular formula is C12H18ClNO2. The first-order valence-corrected chi connectivity index (χ1v) is 5.72. The van der Waals surface area contributed by atoms with E-state index in [2.05, 4.69) is 0 Å². The molecule has 0 aliphatic heterocycles. The summed E-state index contributed by atoms with van der Waals surface area (Å²) in [5, 5.41) is 0.584. The molecule has 4 heteroatoms. The summed E-state index contributed by atoms with van der Waals surface area (Å²) >= 11 is 6.08. The number of methoxy groups -OCH3 is 1. The second-order valence-electron chi connectivity index (χ2n) is 3.59. The molecule has 0 amide bonds. The van der Waals surface area contributed by atoms with Crippen LogP contribution in [0.2, 0.25) is 5.02 Å². The number of benzene rings is 1. The lowest BCUT2D eigenvalue weighted by Crippen LogP contribution is -2.11. The number of nitrogens with two attached hydrogens (primary N) is 1. The Morgan fingerprint density at radius 1 is 1.38 bits per heavy atom. The second kappa shape index (κ2) is 5.97. The second-order valence-corrected chi connectivity index (χ2v) is 4.00. The van der Waals surface area contributed by atoms with E-state index in [0.29, 0.717) is 23.9 Å². The van der Waals surface area contributed by atoms with Crippen LogP contribution in [0.15, 0.2) is 12.1 Å². The zero-order valence-corrected chi connectivity index (χ0v) is 10.7. The molecule has 0 heterocycles. The van der Waals surface area contributed by atoms with Crippen LogP contribution in [0.1, 0.15) is 25.3 Å². The molecule has 0 radical (unpaired) electrons. The van der Waals surface area contributed by atoms with Gasteiger partial charge < -0.3 is 15.2 Å². The van der Waals surface area contributed by atoms with E-state index in [9.17, 15) is 0 Å². The summed E-state index contributed by atoms with van der Waals surface area (Å²) in [5.74, 6) is 1.63. The molecule has 16 heavy (non-hydrogen) atoms. The zero-order chi connectivity index (χ0) is 12.1. The van der Waals surface area contributed by atoms with Crippen LogP contribution >= 0.6 is 11.6 Å². The van der Waals surface area contributed by atoms with Gasteiger partial charge in [0.25, 0.3) is 0 Å². The topological polar surface area (TPSA) is 44.5 Å². The third-order valence-electron chi connectivity index (χ3n) is 2.47. The zero-order valence-electron chi connectivity index (χ0n) is 9.92. The van der Waals surface area contributed by atoms with Crippen molar-refractivity contribution >= 4 is 11.6 Å².